The lowest BCUT2D eigenvalue weighted by Gasteiger charge is -2.22. The van der Waals surface area contributed by atoms with Gasteiger partial charge in [-0.1, -0.05) is 41.9 Å². The Morgan fingerprint density at radius 2 is 1.81 bits per heavy atom. The summed E-state index contributed by atoms with van der Waals surface area (Å²) in [7, 11) is 1.62. The van der Waals surface area contributed by atoms with E-state index in [1.807, 2.05) is 42.5 Å². The summed E-state index contributed by atoms with van der Waals surface area (Å²) in [5, 5.41) is 3.37. The molecule has 0 aromatic heterocycles. The molecular weight excluding hydrogens is 352 g/mol. The van der Waals surface area contributed by atoms with Crippen molar-refractivity contribution in [2.45, 2.75) is 31.8 Å². The van der Waals surface area contributed by atoms with E-state index >= 15 is 0 Å². The number of rotatable bonds is 6. The third kappa shape index (κ3) is 3.68. The predicted molar refractivity (Wildman–Crippen MR) is 100 cm³/mol. The van der Waals surface area contributed by atoms with E-state index in [1.165, 1.54) is 4.90 Å². The minimum atomic E-state index is -0.918. The minimum absolute atomic E-state index is 0.169. The van der Waals surface area contributed by atoms with Gasteiger partial charge in [0.1, 0.15) is 11.3 Å². The minimum Gasteiger partial charge on any atom is -0.497 e. The number of imide groups is 1. The highest BCUT2D eigenvalue weighted by Crippen LogP contribution is 2.27. The lowest BCUT2D eigenvalue weighted by Crippen LogP contribution is -2.44. The lowest BCUT2D eigenvalue weighted by atomic mass is 9.93. The molecule has 1 atom stereocenters. The Bertz CT molecular complexity index is 822. The van der Waals surface area contributed by atoms with Crippen LogP contribution in [0.1, 0.15) is 24.5 Å². The number of aryl methyl sites for hydroxylation is 1. The first kappa shape index (κ1) is 18.3. The quantitative estimate of drug-likeness (QED) is 0.785. The second-order valence-electron chi connectivity index (χ2n) is 6.59. The number of urea groups is 1. The van der Waals surface area contributed by atoms with Crippen molar-refractivity contribution in [3.05, 3.63) is 64.7 Å². The third-order valence-corrected chi connectivity index (χ3v) is 5.07. The zero-order valence-corrected chi connectivity index (χ0v) is 15.5. The van der Waals surface area contributed by atoms with Gasteiger partial charge < -0.3 is 10.1 Å². The van der Waals surface area contributed by atoms with E-state index in [4.69, 9.17) is 16.3 Å². The topological polar surface area (TPSA) is 58.6 Å². The molecule has 2 aromatic carbocycles. The summed E-state index contributed by atoms with van der Waals surface area (Å²) < 4.78 is 5.15. The van der Waals surface area contributed by atoms with Crippen molar-refractivity contribution < 1.29 is 14.3 Å². The lowest BCUT2D eigenvalue weighted by molar-refractivity contribution is -0.131. The molecule has 2 aromatic rings. The predicted octanol–water partition coefficient (Wildman–Crippen LogP) is 3.79. The molecule has 5 nitrogen and oxygen atoms in total. The number of carbonyl (C=O) groups excluding carboxylic acids is 2. The van der Waals surface area contributed by atoms with E-state index in [-0.39, 0.29) is 18.5 Å². The van der Waals surface area contributed by atoms with Crippen LogP contribution in [0.5, 0.6) is 5.75 Å². The fourth-order valence-electron chi connectivity index (χ4n) is 3.04. The Balaban J connectivity index is 1.69. The summed E-state index contributed by atoms with van der Waals surface area (Å²) >= 11 is 6.16. The number of carbonyl (C=O) groups is 2. The van der Waals surface area contributed by atoms with Gasteiger partial charge in [0, 0.05) is 5.02 Å². The van der Waals surface area contributed by atoms with E-state index in [0.29, 0.717) is 17.9 Å². The molecule has 1 N–H and O–H groups in total. The fourth-order valence-corrected chi connectivity index (χ4v) is 3.24. The first-order valence-electron chi connectivity index (χ1n) is 8.43. The largest absolute Gasteiger partial charge is 0.497 e. The van der Waals surface area contributed by atoms with Crippen molar-refractivity contribution in [2.75, 3.05) is 7.11 Å². The molecule has 1 fully saturated rings. The molecule has 1 heterocycles. The molecule has 0 radical (unpaired) electrons. The molecule has 0 unspecified atom stereocenters. The summed E-state index contributed by atoms with van der Waals surface area (Å²) in [5.41, 5.74) is 0.911. The Morgan fingerprint density at radius 3 is 2.46 bits per heavy atom. The number of halogens is 1. The van der Waals surface area contributed by atoms with Gasteiger partial charge in [0.05, 0.1) is 13.7 Å². The molecule has 1 aliphatic heterocycles. The smallest absolute Gasteiger partial charge is 0.325 e. The average molecular weight is 373 g/mol. The van der Waals surface area contributed by atoms with Crippen LogP contribution in [0.4, 0.5) is 4.79 Å². The zero-order valence-electron chi connectivity index (χ0n) is 14.8. The number of hydrogen-bond donors (Lipinski definition) is 1. The molecular formula is C20H21ClN2O3. The van der Waals surface area contributed by atoms with Crippen LogP contribution in [0.3, 0.4) is 0 Å². The van der Waals surface area contributed by atoms with E-state index in [1.54, 1.807) is 20.1 Å². The van der Waals surface area contributed by atoms with Crippen LogP contribution in [0.2, 0.25) is 5.02 Å². The molecule has 0 saturated carbocycles. The number of hydrogen-bond acceptors (Lipinski definition) is 3. The highest BCUT2D eigenvalue weighted by atomic mass is 35.5. The third-order valence-electron chi connectivity index (χ3n) is 4.70. The van der Waals surface area contributed by atoms with Gasteiger partial charge in [0.2, 0.25) is 0 Å². The Hall–Kier alpha value is -2.53. The average Bonchev–Trinajstić information content (AvgIpc) is 2.86. The maximum Gasteiger partial charge on any atom is 0.325 e. The van der Waals surface area contributed by atoms with Gasteiger partial charge >= 0.3 is 6.03 Å². The second-order valence-corrected chi connectivity index (χ2v) is 7.00. The van der Waals surface area contributed by atoms with Crippen LogP contribution in [0, 0.1) is 0 Å². The van der Waals surface area contributed by atoms with Gasteiger partial charge in [-0.05, 0) is 49.1 Å². The Kier molecular flexibility index (Phi) is 5.18. The monoisotopic (exact) mass is 372 g/mol. The molecule has 1 aliphatic rings. The fraction of sp³-hybridized carbons (Fsp3) is 0.300. The maximum atomic E-state index is 12.9. The Labute approximate surface area is 157 Å². The van der Waals surface area contributed by atoms with Crippen molar-refractivity contribution in [3.63, 3.8) is 0 Å². The summed E-state index contributed by atoms with van der Waals surface area (Å²) in [6.07, 6.45) is 1.19. The van der Waals surface area contributed by atoms with E-state index < -0.39 is 5.54 Å². The molecule has 3 rings (SSSR count). The SMILES string of the molecule is COc1ccc(CC[C@@]2(C)NC(=O)N(Cc3ccccc3Cl)C2=O)cc1. The van der Waals surface area contributed by atoms with Crippen molar-refractivity contribution in [1.29, 1.82) is 0 Å². The number of nitrogens with zero attached hydrogens (tertiary/aromatic N) is 1. The van der Waals surface area contributed by atoms with Gasteiger partial charge in [0.15, 0.2) is 0 Å². The molecule has 26 heavy (non-hydrogen) atoms. The summed E-state index contributed by atoms with van der Waals surface area (Å²) in [4.78, 5) is 26.4. The van der Waals surface area contributed by atoms with Crippen LogP contribution in [-0.4, -0.2) is 29.5 Å². The van der Waals surface area contributed by atoms with Crippen molar-refractivity contribution >= 4 is 23.5 Å². The Morgan fingerprint density at radius 1 is 1.12 bits per heavy atom. The van der Waals surface area contributed by atoms with Gasteiger partial charge in [-0.15, -0.1) is 0 Å². The van der Waals surface area contributed by atoms with Crippen LogP contribution < -0.4 is 10.1 Å². The van der Waals surface area contributed by atoms with Crippen LogP contribution >= 0.6 is 11.6 Å². The number of amides is 3. The van der Waals surface area contributed by atoms with E-state index in [2.05, 4.69) is 5.32 Å². The highest BCUT2D eigenvalue weighted by Gasteiger charge is 2.47. The first-order valence-corrected chi connectivity index (χ1v) is 8.81. The van der Waals surface area contributed by atoms with Crippen LogP contribution in [0.25, 0.3) is 0 Å². The molecule has 0 bridgehead atoms. The molecule has 6 heteroatoms. The standard InChI is InChI=1S/C20H21ClN2O3/c1-20(12-11-14-7-9-16(26-2)10-8-14)18(24)23(19(25)22-20)13-15-5-3-4-6-17(15)21/h3-10H,11-13H2,1-2H3,(H,22,25)/t20-/m1/s1. The van der Waals surface area contributed by atoms with E-state index in [0.717, 1.165) is 16.9 Å². The van der Waals surface area contributed by atoms with Crippen molar-refractivity contribution in [2.24, 2.45) is 0 Å². The van der Waals surface area contributed by atoms with Crippen LogP contribution in [-0.2, 0) is 17.8 Å². The van der Waals surface area contributed by atoms with Crippen molar-refractivity contribution in [1.82, 2.24) is 10.2 Å². The molecule has 0 aliphatic carbocycles. The summed E-state index contributed by atoms with van der Waals surface area (Å²) in [5.74, 6) is 0.562. The number of nitrogens with one attached hydrogen (secondary N) is 1. The van der Waals surface area contributed by atoms with Crippen LogP contribution in [0.15, 0.2) is 48.5 Å². The molecule has 136 valence electrons. The summed E-state index contributed by atoms with van der Waals surface area (Å²) in [6.45, 7) is 1.94. The summed E-state index contributed by atoms with van der Waals surface area (Å²) in [6, 6.07) is 14.5. The van der Waals surface area contributed by atoms with Gasteiger partial charge in [-0.3, -0.25) is 9.69 Å². The van der Waals surface area contributed by atoms with E-state index in [9.17, 15) is 9.59 Å². The maximum absolute atomic E-state index is 12.9. The van der Waals surface area contributed by atoms with Gasteiger partial charge in [0.25, 0.3) is 5.91 Å². The number of methoxy groups -OCH3 is 1. The molecule has 1 saturated heterocycles. The first-order chi connectivity index (χ1) is 12.4. The molecule has 3 amide bonds. The number of ether oxygens (including phenoxy) is 1. The zero-order chi connectivity index (χ0) is 18.7. The molecule has 0 spiro atoms. The van der Waals surface area contributed by atoms with Gasteiger partial charge in [-0.25, -0.2) is 4.79 Å². The van der Waals surface area contributed by atoms with Crippen molar-refractivity contribution in [3.8, 4) is 5.75 Å². The van der Waals surface area contributed by atoms with Gasteiger partial charge in [-0.2, -0.15) is 0 Å². The number of benzene rings is 2. The second kappa shape index (κ2) is 7.38. The normalized spacial score (nSPS) is 19.6. The highest BCUT2D eigenvalue weighted by molar-refractivity contribution is 6.31.